The molecule has 0 spiro atoms. The molecule has 1 saturated carbocycles. The fraction of sp³-hybridized carbons (Fsp3) is 0.429. The van der Waals surface area contributed by atoms with Crippen LogP contribution in [0.1, 0.15) is 55.0 Å². The number of hydrogen-bond acceptors (Lipinski definition) is 5. The van der Waals surface area contributed by atoms with Crippen LogP contribution in [0.4, 0.5) is 5.13 Å². The Morgan fingerprint density at radius 2 is 1.53 bits per heavy atom. The van der Waals surface area contributed by atoms with Crippen LogP contribution in [0.3, 0.4) is 0 Å². The Hall–Kier alpha value is -2.54. The Labute approximate surface area is 206 Å². The van der Waals surface area contributed by atoms with Gasteiger partial charge in [0.05, 0.1) is 11.7 Å². The summed E-state index contributed by atoms with van der Waals surface area (Å²) in [4.78, 5) is 22.3. The van der Waals surface area contributed by atoms with Gasteiger partial charge in [0.2, 0.25) is 5.91 Å². The predicted octanol–water partition coefficient (Wildman–Crippen LogP) is 5.57. The molecule has 3 aromatic rings. The highest BCUT2D eigenvalue weighted by atomic mass is 32.1. The molecule has 2 aromatic carbocycles. The summed E-state index contributed by atoms with van der Waals surface area (Å²) in [5.74, 6) is 0.318. The van der Waals surface area contributed by atoms with Gasteiger partial charge >= 0.3 is 0 Å². The minimum absolute atomic E-state index is 0.155. The number of benzene rings is 2. The number of nitrogens with one attached hydrogen (secondary N) is 1. The van der Waals surface area contributed by atoms with Crippen LogP contribution in [-0.4, -0.2) is 46.9 Å². The zero-order chi connectivity index (χ0) is 23.2. The average molecular weight is 475 g/mol. The molecule has 1 aliphatic carbocycles. The first kappa shape index (κ1) is 23.2. The number of piperazine rings is 1. The van der Waals surface area contributed by atoms with E-state index in [1.807, 2.05) is 0 Å². The number of aromatic nitrogens is 1. The van der Waals surface area contributed by atoms with Crippen molar-refractivity contribution in [3.05, 3.63) is 82.9 Å². The maximum absolute atomic E-state index is 12.5. The third-order valence-electron chi connectivity index (χ3n) is 7.15. The van der Waals surface area contributed by atoms with Gasteiger partial charge in [-0.05, 0) is 24.0 Å². The molecule has 1 aromatic heterocycles. The number of carbonyl (C=O) groups excluding carboxylic acids is 1. The third-order valence-corrected chi connectivity index (χ3v) is 7.95. The van der Waals surface area contributed by atoms with Crippen molar-refractivity contribution >= 4 is 22.4 Å². The summed E-state index contributed by atoms with van der Waals surface area (Å²) in [6, 6.07) is 21.9. The van der Waals surface area contributed by atoms with E-state index in [4.69, 9.17) is 4.98 Å². The van der Waals surface area contributed by atoms with Crippen LogP contribution < -0.4 is 5.32 Å². The molecule has 2 aliphatic rings. The fourth-order valence-corrected chi connectivity index (χ4v) is 6.01. The molecule has 0 unspecified atom stereocenters. The Morgan fingerprint density at radius 1 is 0.912 bits per heavy atom. The van der Waals surface area contributed by atoms with E-state index < -0.39 is 0 Å². The van der Waals surface area contributed by atoms with Crippen LogP contribution in [-0.2, 0) is 11.3 Å². The quantitative estimate of drug-likeness (QED) is 0.486. The van der Waals surface area contributed by atoms with Crippen LogP contribution >= 0.6 is 11.3 Å². The van der Waals surface area contributed by atoms with Gasteiger partial charge in [0, 0.05) is 44.0 Å². The molecule has 6 heteroatoms. The van der Waals surface area contributed by atoms with E-state index in [2.05, 4.69) is 81.2 Å². The lowest BCUT2D eigenvalue weighted by Crippen LogP contribution is -2.47. The number of rotatable bonds is 7. The molecule has 2 heterocycles. The molecule has 1 amide bonds. The van der Waals surface area contributed by atoms with E-state index in [1.54, 1.807) is 11.3 Å². The molecule has 5 nitrogen and oxygen atoms in total. The highest BCUT2D eigenvalue weighted by molar-refractivity contribution is 7.13. The molecule has 1 aliphatic heterocycles. The van der Waals surface area contributed by atoms with Gasteiger partial charge in [0.25, 0.3) is 0 Å². The Balaban J connectivity index is 1.17. The normalized spacial score (nSPS) is 18.3. The van der Waals surface area contributed by atoms with E-state index in [1.165, 1.54) is 30.4 Å². The summed E-state index contributed by atoms with van der Waals surface area (Å²) in [5, 5.41) is 5.91. The summed E-state index contributed by atoms with van der Waals surface area (Å²) in [6.07, 6.45) is 5.63. The largest absolute Gasteiger partial charge is 0.302 e. The predicted molar refractivity (Wildman–Crippen MR) is 139 cm³/mol. The van der Waals surface area contributed by atoms with Crippen LogP contribution in [0.2, 0.25) is 0 Å². The molecular formula is C28H34N4OS. The van der Waals surface area contributed by atoms with E-state index in [-0.39, 0.29) is 17.9 Å². The number of anilines is 1. The van der Waals surface area contributed by atoms with E-state index >= 15 is 0 Å². The maximum Gasteiger partial charge on any atom is 0.229 e. The van der Waals surface area contributed by atoms with Gasteiger partial charge < -0.3 is 5.32 Å². The molecular weight excluding hydrogens is 440 g/mol. The van der Waals surface area contributed by atoms with Gasteiger partial charge in [-0.2, -0.15) is 0 Å². The van der Waals surface area contributed by atoms with Crippen molar-refractivity contribution in [2.24, 2.45) is 5.92 Å². The van der Waals surface area contributed by atoms with Gasteiger partial charge in [0.1, 0.15) is 0 Å². The minimum atomic E-state index is 0.155. The van der Waals surface area contributed by atoms with Crippen molar-refractivity contribution in [2.75, 3.05) is 31.5 Å². The Morgan fingerprint density at radius 3 is 2.15 bits per heavy atom. The van der Waals surface area contributed by atoms with Gasteiger partial charge in [-0.1, -0.05) is 79.9 Å². The van der Waals surface area contributed by atoms with Crippen LogP contribution in [0.25, 0.3) is 0 Å². The number of thiazole rings is 1. The lowest BCUT2D eigenvalue weighted by Gasteiger charge is -2.39. The van der Waals surface area contributed by atoms with Gasteiger partial charge in [-0.3, -0.25) is 14.6 Å². The van der Waals surface area contributed by atoms with Crippen LogP contribution in [0.5, 0.6) is 0 Å². The lowest BCUT2D eigenvalue weighted by molar-refractivity contribution is -0.120. The number of hydrogen-bond donors (Lipinski definition) is 1. The monoisotopic (exact) mass is 474 g/mol. The highest BCUT2D eigenvalue weighted by Crippen LogP contribution is 2.30. The number of amides is 1. The molecule has 0 radical (unpaired) electrons. The minimum Gasteiger partial charge on any atom is -0.302 e. The molecule has 2 fully saturated rings. The van der Waals surface area contributed by atoms with Gasteiger partial charge in [-0.15, -0.1) is 11.3 Å². The Kier molecular flexibility index (Phi) is 7.69. The molecule has 0 bridgehead atoms. The van der Waals surface area contributed by atoms with Crippen molar-refractivity contribution in [3.63, 3.8) is 0 Å². The standard InChI is InChI=1S/C28H34N4OS/c33-27(24-14-8-3-9-15-24)30-28-29-25(21-34-28)20-31-16-18-32(19-17-31)26(22-10-4-1-5-11-22)23-12-6-2-7-13-23/h1-2,4-7,10-13,21,24,26H,3,8-9,14-20H2,(H,29,30,33). The topological polar surface area (TPSA) is 48.5 Å². The smallest absolute Gasteiger partial charge is 0.229 e. The third kappa shape index (κ3) is 5.74. The lowest BCUT2D eigenvalue weighted by atomic mass is 9.89. The second-order valence-corrected chi connectivity index (χ2v) is 10.4. The zero-order valence-electron chi connectivity index (χ0n) is 19.7. The summed E-state index contributed by atoms with van der Waals surface area (Å²) in [7, 11) is 0. The van der Waals surface area contributed by atoms with Crippen molar-refractivity contribution in [1.82, 2.24) is 14.8 Å². The number of nitrogens with zero attached hydrogens (tertiary/aromatic N) is 3. The van der Waals surface area contributed by atoms with Crippen molar-refractivity contribution in [2.45, 2.75) is 44.7 Å². The van der Waals surface area contributed by atoms with Crippen molar-refractivity contribution in [3.8, 4) is 0 Å². The molecule has 1 saturated heterocycles. The van der Waals surface area contributed by atoms with Gasteiger partial charge in [0.15, 0.2) is 5.13 Å². The zero-order valence-corrected chi connectivity index (χ0v) is 20.6. The van der Waals surface area contributed by atoms with Crippen molar-refractivity contribution < 1.29 is 4.79 Å². The van der Waals surface area contributed by atoms with Gasteiger partial charge in [-0.25, -0.2) is 4.98 Å². The summed E-state index contributed by atoms with van der Waals surface area (Å²) >= 11 is 1.55. The first-order valence-electron chi connectivity index (χ1n) is 12.6. The van der Waals surface area contributed by atoms with E-state index in [9.17, 15) is 4.79 Å². The first-order valence-corrected chi connectivity index (χ1v) is 13.5. The molecule has 1 N–H and O–H groups in total. The average Bonchev–Trinajstić information content (AvgIpc) is 3.33. The molecule has 178 valence electrons. The molecule has 5 rings (SSSR count). The second-order valence-electron chi connectivity index (χ2n) is 9.50. The SMILES string of the molecule is O=C(Nc1nc(CN2CCN(C(c3ccccc3)c3ccccc3)CC2)cs1)C1CCCCC1. The second kappa shape index (κ2) is 11.3. The van der Waals surface area contributed by atoms with Crippen molar-refractivity contribution in [1.29, 1.82) is 0 Å². The van der Waals surface area contributed by atoms with Crippen LogP contribution in [0.15, 0.2) is 66.0 Å². The molecule has 0 atom stereocenters. The first-order chi connectivity index (χ1) is 16.8. The van der Waals surface area contributed by atoms with E-state index in [0.717, 1.165) is 56.4 Å². The number of carbonyl (C=O) groups is 1. The fourth-order valence-electron chi connectivity index (χ4n) is 5.30. The highest BCUT2D eigenvalue weighted by Gasteiger charge is 2.27. The molecule has 34 heavy (non-hydrogen) atoms. The summed E-state index contributed by atoms with van der Waals surface area (Å²) < 4.78 is 0. The Bertz CT molecular complexity index is 1000. The van der Waals surface area contributed by atoms with E-state index in [0.29, 0.717) is 0 Å². The van der Waals surface area contributed by atoms with Crippen LogP contribution in [0, 0.1) is 5.92 Å². The maximum atomic E-state index is 12.5. The summed E-state index contributed by atoms with van der Waals surface area (Å²) in [5.41, 5.74) is 3.75. The summed E-state index contributed by atoms with van der Waals surface area (Å²) in [6.45, 7) is 4.90.